The van der Waals surface area contributed by atoms with Gasteiger partial charge in [-0.2, -0.15) is 4.99 Å². The first-order chi connectivity index (χ1) is 15.8. The van der Waals surface area contributed by atoms with Crippen LogP contribution in [0.5, 0.6) is 0 Å². The second-order valence-corrected chi connectivity index (χ2v) is 8.59. The minimum Gasteiger partial charge on any atom is -0.480 e. The van der Waals surface area contributed by atoms with Crippen LogP contribution in [0.2, 0.25) is 0 Å². The SMILES string of the molecule is CCC(C(=O)O)n1/c(=N/C(=O)c2ccc(C)cc2)sc2cc(-c3cccc(F)c3F)ccc21. The molecule has 1 N–H and O–H groups in total. The van der Waals surface area contributed by atoms with E-state index in [1.165, 1.54) is 16.7 Å². The van der Waals surface area contributed by atoms with Crippen molar-refractivity contribution in [2.45, 2.75) is 26.3 Å². The Bertz CT molecular complexity index is 1440. The summed E-state index contributed by atoms with van der Waals surface area (Å²) in [4.78, 5) is 29.2. The number of carboxylic acids is 1. The van der Waals surface area contributed by atoms with Crippen molar-refractivity contribution in [3.05, 3.63) is 88.2 Å². The number of rotatable bonds is 5. The van der Waals surface area contributed by atoms with E-state index in [4.69, 9.17) is 0 Å². The minimum absolute atomic E-state index is 0.0938. The molecule has 0 spiro atoms. The molecule has 5 nitrogen and oxygen atoms in total. The van der Waals surface area contributed by atoms with Crippen LogP contribution < -0.4 is 4.80 Å². The smallest absolute Gasteiger partial charge is 0.326 e. The van der Waals surface area contributed by atoms with Crippen LogP contribution in [-0.4, -0.2) is 21.6 Å². The summed E-state index contributed by atoms with van der Waals surface area (Å²) in [5, 5.41) is 9.78. The van der Waals surface area contributed by atoms with Crippen LogP contribution in [0.4, 0.5) is 8.78 Å². The molecule has 8 heteroatoms. The normalized spacial score (nSPS) is 12.8. The first-order valence-corrected chi connectivity index (χ1v) is 11.1. The molecule has 0 aliphatic rings. The molecule has 168 valence electrons. The van der Waals surface area contributed by atoms with Crippen LogP contribution in [0.15, 0.2) is 65.7 Å². The number of aromatic nitrogens is 1. The molecule has 4 aromatic rings. The van der Waals surface area contributed by atoms with Gasteiger partial charge >= 0.3 is 5.97 Å². The molecule has 0 radical (unpaired) electrons. The van der Waals surface area contributed by atoms with Crippen molar-refractivity contribution in [3.63, 3.8) is 0 Å². The lowest BCUT2D eigenvalue weighted by molar-refractivity contribution is -0.140. The largest absolute Gasteiger partial charge is 0.480 e. The van der Waals surface area contributed by atoms with E-state index < -0.39 is 29.6 Å². The lowest BCUT2D eigenvalue weighted by atomic mass is 10.0. The van der Waals surface area contributed by atoms with E-state index in [1.807, 2.05) is 6.92 Å². The summed E-state index contributed by atoms with van der Waals surface area (Å²) in [6.45, 7) is 3.64. The summed E-state index contributed by atoms with van der Waals surface area (Å²) < 4.78 is 30.2. The summed E-state index contributed by atoms with van der Waals surface area (Å²) in [6, 6.07) is 14.8. The number of benzene rings is 3. The number of aryl methyl sites for hydroxylation is 1. The Kier molecular flexibility index (Phi) is 6.20. The second kappa shape index (κ2) is 9.07. The maximum absolute atomic E-state index is 14.3. The third kappa shape index (κ3) is 4.34. The fraction of sp³-hybridized carbons (Fsp3) is 0.160. The van der Waals surface area contributed by atoms with E-state index in [2.05, 4.69) is 4.99 Å². The van der Waals surface area contributed by atoms with Crippen molar-refractivity contribution >= 4 is 33.4 Å². The second-order valence-electron chi connectivity index (χ2n) is 7.58. The zero-order valence-electron chi connectivity index (χ0n) is 17.9. The van der Waals surface area contributed by atoms with E-state index in [-0.39, 0.29) is 16.8 Å². The van der Waals surface area contributed by atoms with Gasteiger partial charge in [0, 0.05) is 11.1 Å². The van der Waals surface area contributed by atoms with Gasteiger partial charge in [-0.05, 0) is 49.2 Å². The van der Waals surface area contributed by atoms with Crippen molar-refractivity contribution in [1.82, 2.24) is 4.57 Å². The van der Waals surface area contributed by atoms with Gasteiger partial charge in [-0.15, -0.1) is 0 Å². The van der Waals surface area contributed by atoms with E-state index in [0.717, 1.165) is 23.0 Å². The summed E-state index contributed by atoms with van der Waals surface area (Å²) in [5.74, 6) is -3.46. The van der Waals surface area contributed by atoms with Crippen molar-refractivity contribution in [2.75, 3.05) is 0 Å². The predicted octanol–water partition coefficient (Wildman–Crippen LogP) is 5.73. The Morgan fingerprint density at radius 1 is 1.09 bits per heavy atom. The van der Waals surface area contributed by atoms with Crippen LogP contribution in [-0.2, 0) is 4.79 Å². The van der Waals surface area contributed by atoms with Gasteiger partial charge in [0.15, 0.2) is 16.4 Å². The molecule has 0 aliphatic heterocycles. The number of hydrogen-bond acceptors (Lipinski definition) is 3. The molecule has 33 heavy (non-hydrogen) atoms. The highest BCUT2D eigenvalue weighted by atomic mass is 32.1. The van der Waals surface area contributed by atoms with Crippen LogP contribution in [0, 0.1) is 18.6 Å². The summed E-state index contributed by atoms with van der Waals surface area (Å²) >= 11 is 1.13. The fourth-order valence-corrected chi connectivity index (χ4v) is 4.74. The van der Waals surface area contributed by atoms with E-state index in [1.54, 1.807) is 49.4 Å². The molecule has 1 heterocycles. The summed E-state index contributed by atoms with van der Waals surface area (Å²) in [5.41, 5.74) is 2.46. The molecule has 1 aromatic heterocycles. The lowest BCUT2D eigenvalue weighted by Crippen LogP contribution is -2.27. The molecule has 1 amide bonds. The van der Waals surface area contributed by atoms with Crippen LogP contribution >= 0.6 is 11.3 Å². The van der Waals surface area contributed by atoms with E-state index >= 15 is 0 Å². The van der Waals surface area contributed by atoms with Gasteiger partial charge in [-0.3, -0.25) is 4.79 Å². The Morgan fingerprint density at radius 3 is 2.48 bits per heavy atom. The number of aliphatic carboxylic acids is 1. The standard InChI is InChI=1S/C25H20F2N2O3S/c1-3-19(24(31)32)29-20-12-11-16(17-5-4-6-18(26)22(17)27)13-21(20)33-25(29)28-23(30)15-9-7-14(2)8-10-15/h4-13,19H,3H2,1-2H3,(H,31,32)/b28-25-. The molecule has 0 saturated carbocycles. The Hall–Kier alpha value is -3.65. The fourth-order valence-electron chi connectivity index (χ4n) is 3.63. The zero-order chi connectivity index (χ0) is 23.7. The molecule has 0 saturated heterocycles. The third-order valence-electron chi connectivity index (χ3n) is 5.37. The lowest BCUT2D eigenvalue weighted by Gasteiger charge is -2.13. The van der Waals surface area contributed by atoms with E-state index in [9.17, 15) is 23.5 Å². The number of carbonyl (C=O) groups excluding carboxylic acids is 1. The quantitative estimate of drug-likeness (QED) is 0.408. The number of amides is 1. The van der Waals surface area contributed by atoms with Crippen molar-refractivity contribution in [2.24, 2.45) is 4.99 Å². The number of fused-ring (bicyclic) bond motifs is 1. The minimum atomic E-state index is -1.05. The number of carbonyl (C=O) groups is 2. The van der Waals surface area contributed by atoms with Gasteiger partial charge in [0.25, 0.3) is 5.91 Å². The number of carboxylic acid groups (broad SMARTS) is 1. The number of nitrogens with zero attached hydrogens (tertiary/aromatic N) is 2. The third-order valence-corrected chi connectivity index (χ3v) is 6.39. The number of thiazole rings is 1. The van der Waals surface area contributed by atoms with Crippen molar-refractivity contribution in [3.8, 4) is 11.1 Å². The molecule has 4 rings (SSSR count). The van der Waals surface area contributed by atoms with E-state index in [0.29, 0.717) is 21.3 Å². The molecular weight excluding hydrogens is 446 g/mol. The first-order valence-electron chi connectivity index (χ1n) is 10.3. The first kappa shape index (κ1) is 22.5. The van der Waals surface area contributed by atoms with Crippen LogP contribution in [0.25, 0.3) is 21.3 Å². The molecule has 0 bridgehead atoms. The Labute approximate surface area is 192 Å². The van der Waals surface area contributed by atoms with Gasteiger partial charge in [0.1, 0.15) is 6.04 Å². The average molecular weight is 467 g/mol. The van der Waals surface area contributed by atoms with Crippen molar-refractivity contribution in [1.29, 1.82) is 0 Å². The molecular formula is C25H20F2N2O3S. The zero-order valence-corrected chi connectivity index (χ0v) is 18.7. The van der Waals surface area contributed by atoms with Gasteiger partial charge in [-0.25, -0.2) is 13.6 Å². The molecule has 1 atom stereocenters. The maximum Gasteiger partial charge on any atom is 0.326 e. The predicted molar refractivity (Wildman–Crippen MR) is 123 cm³/mol. The summed E-state index contributed by atoms with van der Waals surface area (Å²) in [7, 11) is 0. The number of halogens is 2. The summed E-state index contributed by atoms with van der Waals surface area (Å²) in [6.07, 6.45) is 0.271. The molecule has 3 aromatic carbocycles. The van der Waals surface area contributed by atoms with Crippen LogP contribution in [0.3, 0.4) is 0 Å². The highest BCUT2D eigenvalue weighted by Gasteiger charge is 2.23. The topological polar surface area (TPSA) is 71.7 Å². The Balaban J connectivity index is 1.92. The maximum atomic E-state index is 14.3. The van der Waals surface area contributed by atoms with Crippen molar-refractivity contribution < 1.29 is 23.5 Å². The molecule has 1 unspecified atom stereocenters. The van der Waals surface area contributed by atoms with Gasteiger partial charge in [0.2, 0.25) is 0 Å². The highest BCUT2D eigenvalue weighted by Crippen LogP contribution is 2.30. The monoisotopic (exact) mass is 466 g/mol. The average Bonchev–Trinajstić information content (AvgIpc) is 3.13. The Morgan fingerprint density at radius 2 is 1.82 bits per heavy atom. The molecule has 0 fully saturated rings. The van der Waals surface area contributed by atoms with Crippen LogP contribution in [0.1, 0.15) is 35.3 Å². The van der Waals surface area contributed by atoms with Gasteiger partial charge < -0.3 is 9.67 Å². The number of hydrogen-bond donors (Lipinski definition) is 1. The van der Waals surface area contributed by atoms with Gasteiger partial charge in [0.05, 0.1) is 10.2 Å². The molecule has 0 aliphatic carbocycles. The van der Waals surface area contributed by atoms with Gasteiger partial charge in [-0.1, -0.05) is 54.2 Å². The highest BCUT2D eigenvalue weighted by molar-refractivity contribution is 7.16.